The van der Waals surface area contributed by atoms with Crippen molar-refractivity contribution in [2.75, 3.05) is 25.2 Å². The predicted molar refractivity (Wildman–Crippen MR) is 107 cm³/mol. The van der Waals surface area contributed by atoms with Crippen LogP contribution in [0.1, 0.15) is 18.9 Å². The lowest BCUT2D eigenvalue weighted by molar-refractivity contribution is -0.116. The van der Waals surface area contributed by atoms with Crippen molar-refractivity contribution in [3.63, 3.8) is 0 Å². The number of benzene rings is 2. The van der Waals surface area contributed by atoms with E-state index in [2.05, 4.69) is 12.2 Å². The summed E-state index contributed by atoms with van der Waals surface area (Å²) in [5.74, 6) is -0.375. The number of nitrogens with one attached hydrogen (secondary N) is 1. The summed E-state index contributed by atoms with van der Waals surface area (Å²) in [5.41, 5.74) is 1.78. The molecule has 0 radical (unpaired) electrons. The standard InChI is InChI=1S/C19H24N2O3S2/c1-4-7-15-10-12-16(13-11-15)26(23,24)21(2)14-19(22)20-17-8-5-6-9-18(17)25-3/h5-6,8-13H,4,7,14H2,1-3H3,(H,20,22). The Morgan fingerprint density at radius 2 is 1.77 bits per heavy atom. The zero-order valence-electron chi connectivity index (χ0n) is 15.2. The third-order valence-corrected chi connectivity index (χ3v) is 6.53. The first-order valence-corrected chi connectivity index (χ1v) is 11.0. The van der Waals surface area contributed by atoms with Gasteiger partial charge in [-0.2, -0.15) is 4.31 Å². The minimum absolute atomic E-state index is 0.192. The van der Waals surface area contributed by atoms with E-state index >= 15 is 0 Å². The quantitative estimate of drug-likeness (QED) is 0.697. The lowest BCUT2D eigenvalue weighted by atomic mass is 10.1. The summed E-state index contributed by atoms with van der Waals surface area (Å²) in [4.78, 5) is 13.4. The first kappa shape index (κ1) is 20.5. The number of rotatable bonds is 8. The van der Waals surface area contributed by atoms with E-state index in [0.717, 1.165) is 27.6 Å². The average molecular weight is 393 g/mol. The van der Waals surface area contributed by atoms with Gasteiger partial charge in [-0.05, 0) is 42.5 Å². The summed E-state index contributed by atoms with van der Waals surface area (Å²) in [6.45, 7) is 1.83. The summed E-state index contributed by atoms with van der Waals surface area (Å²) in [6, 6.07) is 14.2. The van der Waals surface area contributed by atoms with Crippen molar-refractivity contribution < 1.29 is 13.2 Å². The van der Waals surface area contributed by atoms with Crippen LogP contribution in [0.4, 0.5) is 5.69 Å². The fraction of sp³-hybridized carbons (Fsp3) is 0.316. The van der Waals surface area contributed by atoms with Gasteiger partial charge in [-0.15, -0.1) is 11.8 Å². The molecule has 1 amide bonds. The molecule has 0 fully saturated rings. The average Bonchev–Trinajstić information content (AvgIpc) is 2.62. The highest BCUT2D eigenvalue weighted by Gasteiger charge is 2.23. The van der Waals surface area contributed by atoms with Gasteiger partial charge < -0.3 is 5.32 Å². The van der Waals surface area contributed by atoms with Crippen LogP contribution < -0.4 is 5.32 Å². The van der Waals surface area contributed by atoms with Crippen molar-refractivity contribution in [1.82, 2.24) is 4.31 Å². The molecule has 0 heterocycles. The number of aryl methyl sites for hydroxylation is 1. The van der Waals surface area contributed by atoms with E-state index in [1.807, 2.05) is 36.6 Å². The third kappa shape index (κ3) is 5.09. The number of hydrogen-bond donors (Lipinski definition) is 1. The van der Waals surface area contributed by atoms with E-state index < -0.39 is 10.0 Å². The summed E-state index contributed by atoms with van der Waals surface area (Å²) in [5, 5.41) is 2.78. The summed E-state index contributed by atoms with van der Waals surface area (Å²) in [6.07, 6.45) is 3.83. The molecule has 140 valence electrons. The van der Waals surface area contributed by atoms with Crippen LogP contribution in [0.15, 0.2) is 58.3 Å². The number of hydrogen-bond acceptors (Lipinski definition) is 4. The number of thioether (sulfide) groups is 1. The van der Waals surface area contributed by atoms with Crippen molar-refractivity contribution in [1.29, 1.82) is 0 Å². The highest BCUT2D eigenvalue weighted by Crippen LogP contribution is 2.24. The molecule has 7 heteroatoms. The van der Waals surface area contributed by atoms with Crippen molar-refractivity contribution in [2.45, 2.75) is 29.6 Å². The van der Waals surface area contributed by atoms with Crippen LogP contribution >= 0.6 is 11.8 Å². The summed E-state index contributed by atoms with van der Waals surface area (Å²) >= 11 is 1.52. The van der Waals surface area contributed by atoms with Gasteiger partial charge >= 0.3 is 0 Å². The second-order valence-electron chi connectivity index (χ2n) is 5.90. The number of anilines is 1. The molecular weight excluding hydrogens is 368 g/mol. The maximum Gasteiger partial charge on any atom is 0.243 e. The Bertz CT molecular complexity index is 849. The molecule has 0 aliphatic carbocycles. The number of sulfonamides is 1. The van der Waals surface area contributed by atoms with Crippen molar-refractivity contribution in [2.24, 2.45) is 0 Å². The Kier molecular flexibility index (Phi) is 7.25. The Labute approximate surface area is 159 Å². The van der Waals surface area contributed by atoms with E-state index in [4.69, 9.17) is 0 Å². The van der Waals surface area contributed by atoms with Gasteiger partial charge in [0.2, 0.25) is 15.9 Å². The Balaban J connectivity index is 2.07. The Hall–Kier alpha value is -1.83. The van der Waals surface area contributed by atoms with Crippen molar-refractivity contribution >= 4 is 33.4 Å². The van der Waals surface area contributed by atoms with Crippen LogP contribution in [0.25, 0.3) is 0 Å². The van der Waals surface area contributed by atoms with E-state index in [9.17, 15) is 13.2 Å². The molecule has 0 bridgehead atoms. The second kappa shape index (κ2) is 9.21. The van der Waals surface area contributed by atoms with Gasteiger partial charge in [-0.25, -0.2) is 8.42 Å². The molecule has 26 heavy (non-hydrogen) atoms. The van der Waals surface area contributed by atoms with Crippen LogP contribution in [-0.4, -0.2) is 38.5 Å². The Morgan fingerprint density at radius 3 is 2.38 bits per heavy atom. The fourth-order valence-corrected chi connectivity index (χ4v) is 4.20. The molecule has 0 atom stereocenters. The van der Waals surface area contributed by atoms with Crippen LogP contribution in [0.5, 0.6) is 0 Å². The van der Waals surface area contributed by atoms with Crippen LogP contribution in [0.3, 0.4) is 0 Å². The molecule has 0 unspecified atom stereocenters. The molecule has 0 aliphatic heterocycles. The minimum Gasteiger partial charge on any atom is -0.324 e. The van der Waals surface area contributed by atoms with E-state index in [-0.39, 0.29) is 17.3 Å². The fourth-order valence-electron chi connectivity index (χ4n) is 2.52. The number of likely N-dealkylation sites (N-methyl/N-ethyl adjacent to an activating group) is 1. The van der Waals surface area contributed by atoms with Crippen LogP contribution in [0.2, 0.25) is 0 Å². The number of amides is 1. The van der Waals surface area contributed by atoms with Gasteiger partial charge in [-0.1, -0.05) is 37.6 Å². The molecular formula is C19H24N2O3S2. The molecule has 0 spiro atoms. The van der Waals surface area contributed by atoms with Gasteiger partial charge in [0.25, 0.3) is 0 Å². The van der Waals surface area contributed by atoms with Crippen molar-refractivity contribution in [3.8, 4) is 0 Å². The zero-order chi connectivity index (χ0) is 19.2. The molecule has 2 rings (SSSR count). The normalized spacial score (nSPS) is 11.5. The molecule has 0 aromatic heterocycles. The number of carbonyl (C=O) groups excluding carboxylic acids is 1. The van der Waals surface area contributed by atoms with Gasteiger partial charge in [0.05, 0.1) is 17.1 Å². The van der Waals surface area contributed by atoms with Gasteiger partial charge in [0, 0.05) is 11.9 Å². The number of carbonyl (C=O) groups is 1. The summed E-state index contributed by atoms with van der Waals surface area (Å²) < 4.78 is 26.4. The first-order valence-electron chi connectivity index (χ1n) is 8.36. The lowest BCUT2D eigenvalue weighted by Crippen LogP contribution is -2.35. The molecule has 1 N–H and O–H groups in total. The monoisotopic (exact) mass is 392 g/mol. The number of nitrogens with zero attached hydrogens (tertiary/aromatic N) is 1. The summed E-state index contributed by atoms with van der Waals surface area (Å²) in [7, 11) is -2.29. The first-order chi connectivity index (χ1) is 12.4. The number of para-hydroxylation sites is 1. The maximum atomic E-state index is 12.7. The highest BCUT2D eigenvalue weighted by atomic mass is 32.2. The van der Waals surface area contributed by atoms with Crippen LogP contribution in [-0.2, 0) is 21.2 Å². The van der Waals surface area contributed by atoms with Crippen molar-refractivity contribution in [3.05, 3.63) is 54.1 Å². The predicted octanol–water partition coefficient (Wildman–Crippen LogP) is 3.62. The smallest absolute Gasteiger partial charge is 0.243 e. The lowest BCUT2D eigenvalue weighted by Gasteiger charge is -2.17. The van der Waals surface area contributed by atoms with E-state index in [1.165, 1.54) is 18.8 Å². The molecule has 0 saturated carbocycles. The molecule has 0 saturated heterocycles. The molecule has 2 aromatic rings. The van der Waals surface area contributed by atoms with E-state index in [0.29, 0.717) is 5.69 Å². The zero-order valence-corrected chi connectivity index (χ0v) is 16.9. The van der Waals surface area contributed by atoms with Gasteiger partial charge in [0.15, 0.2) is 0 Å². The van der Waals surface area contributed by atoms with Crippen LogP contribution in [0, 0.1) is 0 Å². The van der Waals surface area contributed by atoms with Gasteiger partial charge in [0.1, 0.15) is 0 Å². The maximum absolute atomic E-state index is 12.7. The largest absolute Gasteiger partial charge is 0.324 e. The van der Waals surface area contributed by atoms with E-state index in [1.54, 1.807) is 18.2 Å². The molecule has 5 nitrogen and oxygen atoms in total. The minimum atomic E-state index is -3.71. The molecule has 2 aromatic carbocycles. The highest BCUT2D eigenvalue weighted by molar-refractivity contribution is 7.98. The topological polar surface area (TPSA) is 66.5 Å². The third-order valence-electron chi connectivity index (χ3n) is 3.92. The second-order valence-corrected chi connectivity index (χ2v) is 8.80. The Morgan fingerprint density at radius 1 is 1.12 bits per heavy atom. The SMILES string of the molecule is CCCc1ccc(S(=O)(=O)N(C)CC(=O)Nc2ccccc2SC)cc1. The van der Waals surface area contributed by atoms with Gasteiger partial charge in [-0.3, -0.25) is 4.79 Å². The molecule has 0 aliphatic rings.